The molecule has 1 aromatic carbocycles. The van der Waals surface area contributed by atoms with Gasteiger partial charge in [0.15, 0.2) is 0 Å². The average molecular weight is 270 g/mol. The average Bonchev–Trinajstić information content (AvgIpc) is 2.33. The Morgan fingerprint density at radius 2 is 2.16 bits per heavy atom. The van der Waals surface area contributed by atoms with Crippen molar-refractivity contribution in [2.45, 2.75) is 6.92 Å². The summed E-state index contributed by atoms with van der Waals surface area (Å²) >= 11 is 0. The third kappa shape index (κ3) is 5.82. The first-order chi connectivity index (χ1) is 8.99. The maximum atomic E-state index is 13.0. The molecule has 0 aliphatic rings. The van der Waals surface area contributed by atoms with Gasteiger partial charge in [0.25, 0.3) is 0 Å². The van der Waals surface area contributed by atoms with Crippen molar-refractivity contribution >= 4 is 17.7 Å². The van der Waals surface area contributed by atoms with Gasteiger partial charge in [-0.15, -0.1) is 0 Å². The molecule has 0 bridgehead atoms. The fourth-order valence-electron chi connectivity index (χ4n) is 1.29. The van der Waals surface area contributed by atoms with Crippen molar-refractivity contribution in [1.29, 1.82) is 0 Å². The summed E-state index contributed by atoms with van der Waals surface area (Å²) in [6, 6.07) is 3.57. The van der Waals surface area contributed by atoms with E-state index in [4.69, 9.17) is 9.84 Å². The molecule has 0 aromatic heterocycles. The lowest BCUT2D eigenvalue weighted by atomic mass is 10.2. The lowest BCUT2D eigenvalue weighted by molar-refractivity contribution is -0.142. The van der Waals surface area contributed by atoms with E-state index in [-0.39, 0.29) is 13.2 Å². The predicted molar refractivity (Wildman–Crippen MR) is 66.6 cm³/mol. The quantitative estimate of drug-likeness (QED) is 0.681. The minimum Gasteiger partial charge on any atom is -0.480 e. The van der Waals surface area contributed by atoms with E-state index < -0.39 is 24.4 Å². The second-order valence-electron chi connectivity index (χ2n) is 3.79. The van der Waals surface area contributed by atoms with E-state index in [1.165, 1.54) is 12.1 Å². The first-order valence-electron chi connectivity index (χ1n) is 5.59. The van der Waals surface area contributed by atoms with Gasteiger partial charge >= 0.3 is 12.0 Å². The summed E-state index contributed by atoms with van der Waals surface area (Å²) < 4.78 is 17.7. The molecule has 19 heavy (non-hydrogen) atoms. The topological polar surface area (TPSA) is 87.7 Å². The van der Waals surface area contributed by atoms with Crippen LogP contribution < -0.4 is 10.6 Å². The number of carbonyl (C=O) groups excluding carboxylic acids is 1. The van der Waals surface area contributed by atoms with Crippen LogP contribution in [0.5, 0.6) is 0 Å². The third-order valence-electron chi connectivity index (χ3n) is 2.21. The number of halogens is 1. The van der Waals surface area contributed by atoms with Crippen LogP contribution in [0.2, 0.25) is 0 Å². The van der Waals surface area contributed by atoms with Gasteiger partial charge in [-0.05, 0) is 24.6 Å². The molecule has 0 heterocycles. The highest BCUT2D eigenvalue weighted by Gasteiger charge is 2.05. The van der Waals surface area contributed by atoms with Gasteiger partial charge in [0.05, 0.1) is 6.61 Å². The lowest BCUT2D eigenvalue weighted by Gasteiger charge is -2.09. The molecule has 1 aromatic rings. The molecule has 7 heteroatoms. The third-order valence-corrected chi connectivity index (χ3v) is 2.21. The number of amides is 2. The molecule has 0 unspecified atom stereocenters. The zero-order valence-corrected chi connectivity index (χ0v) is 10.4. The van der Waals surface area contributed by atoms with Crippen molar-refractivity contribution in [3.05, 3.63) is 29.6 Å². The summed E-state index contributed by atoms with van der Waals surface area (Å²) in [5.74, 6) is -1.51. The molecule has 6 nitrogen and oxygen atoms in total. The van der Waals surface area contributed by atoms with Gasteiger partial charge in [0, 0.05) is 12.2 Å². The van der Waals surface area contributed by atoms with Crippen LogP contribution in [0.25, 0.3) is 0 Å². The number of hydrogen-bond donors (Lipinski definition) is 3. The molecule has 104 valence electrons. The van der Waals surface area contributed by atoms with Crippen molar-refractivity contribution in [1.82, 2.24) is 5.32 Å². The Balaban J connectivity index is 2.31. The van der Waals surface area contributed by atoms with Gasteiger partial charge in [-0.25, -0.2) is 14.0 Å². The molecule has 3 N–H and O–H groups in total. The lowest BCUT2D eigenvalue weighted by Crippen LogP contribution is -2.32. The number of ether oxygens (including phenoxy) is 1. The van der Waals surface area contributed by atoms with Crippen molar-refractivity contribution in [3.8, 4) is 0 Å². The maximum Gasteiger partial charge on any atom is 0.329 e. The highest BCUT2D eigenvalue weighted by molar-refractivity contribution is 5.90. The van der Waals surface area contributed by atoms with Crippen LogP contribution in [0.1, 0.15) is 5.56 Å². The van der Waals surface area contributed by atoms with Crippen LogP contribution in [-0.4, -0.2) is 36.9 Å². The summed E-state index contributed by atoms with van der Waals surface area (Å²) in [6.07, 6.45) is 0. The van der Waals surface area contributed by atoms with Gasteiger partial charge in [0.2, 0.25) is 0 Å². The molecule has 0 saturated carbocycles. The molecule has 2 amide bonds. The zero-order valence-electron chi connectivity index (χ0n) is 10.4. The Labute approximate surface area is 109 Å². The normalized spacial score (nSPS) is 10.0. The van der Waals surface area contributed by atoms with Gasteiger partial charge in [0.1, 0.15) is 12.4 Å². The predicted octanol–water partition coefficient (Wildman–Crippen LogP) is 1.36. The smallest absolute Gasteiger partial charge is 0.329 e. The first-order valence-corrected chi connectivity index (χ1v) is 5.59. The molecule has 0 aliphatic heterocycles. The molecule has 0 radical (unpaired) electrons. The van der Waals surface area contributed by atoms with Crippen LogP contribution in [0.3, 0.4) is 0 Å². The number of hydrogen-bond acceptors (Lipinski definition) is 3. The van der Waals surface area contributed by atoms with Crippen molar-refractivity contribution in [2.75, 3.05) is 25.1 Å². The molecular formula is C12H15FN2O4. The standard InChI is InChI=1S/C12H15FN2O4/c1-8-2-3-9(13)6-10(8)15-12(18)14-4-5-19-7-11(16)17/h2-3,6H,4-5,7H2,1H3,(H,16,17)(H2,14,15,18). The number of aryl methyl sites for hydroxylation is 1. The number of carbonyl (C=O) groups is 2. The van der Waals surface area contributed by atoms with E-state index in [1.807, 2.05) is 0 Å². The minimum atomic E-state index is -1.07. The summed E-state index contributed by atoms with van der Waals surface area (Å²) in [7, 11) is 0. The number of nitrogens with one attached hydrogen (secondary N) is 2. The Hall–Kier alpha value is -2.15. The number of aliphatic carboxylic acids is 1. The van der Waals surface area contributed by atoms with Crippen LogP contribution >= 0.6 is 0 Å². The number of carboxylic acids is 1. The maximum absolute atomic E-state index is 13.0. The van der Waals surface area contributed by atoms with E-state index in [2.05, 4.69) is 10.6 Å². The molecule has 0 aliphatic carbocycles. The first kappa shape index (κ1) is 14.9. The van der Waals surface area contributed by atoms with Crippen LogP contribution in [0.4, 0.5) is 14.9 Å². The zero-order chi connectivity index (χ0) is 14.3. The number of urea groups is 1. The minimum absolute atomic E-state index is 0.0852. The number of carboxylic acid groups (broad SMARTS) is 1. The van der Waals surface area contributed by atoms with Gasteiger partial charge in [-0.1, -0.05) is 6.07 Å². The molecule has 1 rings (SSSR count). The largest absolute Gasteiger partial charge is 0.480 e. The Morgan fingerprint density at radius 1 is 1.42 bits per heavy atom. The second kappa shape index (κ2) is 7.32. The summed E-state index contributed by atoms with van der Waals surface area (Å²) in [5, 5.41) is 13.3. The van der Waals surface area contributed by atoms with Gasteiger partial charge < -0.3 is 20.5 Å². The molecule has 0 fully saturated rings. The number of rotatable bonds is 6. The number of benzene rings is 1. The fraction of sp³-hybridized carbons (Fsp3) is 0.333. The number of anilines is 1. The van der Waals surface area contributed by atoms with Crippen LogP contribution in [0.15, 0.2) is 18.2 Å². The molecular weight excluding hydrogens is 255 g/mol. The van der Waals surface area contributed by atoms with Crippen LogP contribution in [0, 0.1) is 12.7 Å². The van der Waals surface area contributed by atoms with E-state index in [0.29, 0.717) is 5.69 Å². The van der Waals surface area contributed by atoms with E-state index in [1.54, 1.807) is 13.0 Å². The fourth-order valence-corrected chi connectivity index (χ4v) is 1.29. The molecule has 0 atom stereocenters. The summed E-state index contributed by atoms with van der Waals surface area (Å²) in [5.41, 5.74) is 1.11. The van der Waals surface area contributed by atoms with E-state index in [0.717, 1.165) is 5.56 Å². The summed E-state index contributed by atoms with van der Waals surface area (Å²) in [6.45, 7) is 1.58. The van der Waals surface area contributed by atoms with Crippen molar-refractivity contribution in [3.63, 3.8) is 0 Å². The monoisotopic (exact) mass is 270 g/mol. The summed E-state index contributed by atoms with van der Waals surface area (Å²) in [4.78, 5) is 21.6. The van der Waals surface area contributed by atoms with Crippen molar-refractivity contribution in [2.24, 2.45) is 0 Å². The second-order valence-corrected chi connectivity index (χ2v) is 3.79. The molecule has 0 saturated heterocycles. The Bertz CT molecular complexity index is 465. The van der Waals surface area contributed by atoms with E-state index >= 15 is 0 Å². The molecule has 0 spiro atoms. The highest BCUT2D eigenvalue weighted by atomic mass is 19.1. The SMILES string of the molecule is Cc1ccc(F)cc1NC(=O)NCCOCC(=O)O. The van der Waals surface area contributed by atoms with Crippen molar-refractivity contribution < 1.29 is 23.8 Å². The van der Waals surface area contributed by atoms with Gasteiger partial charge in [-0.2, -0.15) is 0 Å². The van der Waals surface area contributed by atoms with E-state index in [9.17, 15) is 14.0 Å². The Kier molecular flexibility index (Phi) is 5.74. The Morgan fingerprint density at radius 3 is 2.84 bits per heavy atom. The highest BCUT2D eigenvalue weighted by Crippen LogP contribution is 2.15. The van der Waals surface area contributed by atoms with Gasteiger partial charge in [-0.3, -0.25) is 0 Å². The van der Waals surface area contributed by atoms with Crippen LogP contribution in [-0.2, 0) is 9.53 Å².